The van der Waals surface area contributed by atoms with Crippen LogP contribution in [0.1, 0.15) is 19.8 Å². The van der Waals surface area contributed by atoms with Crippen LogP contribution in [0, 0.1) is 0 Å². The predicted molar refractivity (Wildman–Crippen MR) is 75.9 cm³/mol. The van der Waals surface area contributed by atoms with Crippen LogP contribution in [-0.4, -0.2) is 74.3 Å². The van der Waals surface area contributed by atoms with Crippen LogP contribution in [0.4, 0.5) is 4.79 Å². The number of nitrogens with zero attached hydrogens (tertiary/aromatic N) is 1. The van der Waals surface area contributed by atoms with Gasteiger partial charge in [-0.3, -0.25) is 4.79 Å². The van der Waals surface area contributed by atoms with Gasteiger partial charge in [0.25, 0.3) is 0 Å². The minimum atomic E-state index is -3.29. The Morgan fingerprint density at radius 2 is 2.14 bits per heavy atom. The molecule has 21 heavy (non-hydrogen) atoms. The Labute approximate surface area is 124 Å². The Balaban J connectivity index is 2.68. The number of aliphatic carboxylic acids is 1. The van der Waals surface area contributed by atoms with Crippen LogP contribution in [-0.2, 0) is 19.4 Å². The van der Waals surface area contributed by atoms with Crippen LogP contribution in [0.3, 0.4) is 0 Å². The molecule has 1 aliphatic heterocycles. The first-order valence-corrected chi connectivity index (χ1v) is 8.55. The van der Waals surface area contributed by atoms with Crippen molar-refractivity contribution in [1.82, 2.24) is 10.2 Å². The van der Waals surface area contributed by atoms with Crippen molar-refractivity contribution in [2.24, 2.45) is 0 Å². The Hall–Kier alpha value is -1.35. The summed E-state index contributed by atoms with van der Waals surface area (Å²) in [7, 11) is -1.73. The van der Waals surface area contributed by atoms with E-state index in [2.05, 4.69) is 5.32 Å². The van der Waals surface area contributed by atoms with Crippen molar-refractivity contribution in [3.63, 3.8) is 0 Å². The van der Waals surface area contributed by atoms with Crippen LogP contribution in [0.5, 0.6) is 0 Å². The second-order valence-electron chi connectivity index (χ2n) is 5.19. The molecule has 0 spiro atoms. The highest BCUT2D eigenvalue weighted by molar-refractivity contribution is 7.91. The molecular formula is C12H22N2O6S. The molecule has 122 valence electrons. The molecule has 2 N–H and O–H groups in total. The molecule has 0 aliphatic carbocycles. The number of carboxylic acid groups (broad SMARTS) is 1. The van der Waals surface area contributed by atoms with Crippen molar-refractivity contribution in [1.29, 1.82) is 0 Å². The zero-order valence-electron chi connectivity index (χ0n) is 12.2. The van der Waals surface area contributed by atoms with Gasteiger partial charge in [-0.1, -0.05) is 0 Å². The highest BCUT2D eigenvalue weighted by Crippen LogP contribution is 2.15. The number of carbonyl (C=O) groups is 2. The minimum absolute atomic E-state index is 0.0170. The Bertz CT molecular complexity index is 478. The standard InChI is InChI=1S/C12H22N2O6S/c1-9(3-5-20-2)13-12(17)14-4-6-21(18,19)8-10(14)7-11(15)16/h9-10H,3-8H2,1-2H3,(H,13,17)(H,15,16). The van der Waals surface area contributed by atoms with E-state index in [4.69, 9.17) is 9.84 Å². The summed E-state index contributed by atoms with van der Waals surface area (Å²) < 4.78 is 28.1. The molecule has 0 aromatic carbocycles. The molecule has 2 amide bonds. The molecule has 0 aromatic rings. The number of urea groups is 1. The van der Waals surface area contributed by atoms with E-state index in [9.17, 15) is 18.0 Å². The second-order valence-corrected chi connectivity index (χ2v) is 7.42. The first-order chi connectivity index (χ1) is 9.75. The number of rotatable bonds is 6. The number of amides is 2. The average Bonchev–Trinajstić information content (AvgIpc) is 2.34. The fourth-order valence-electron chi connectivity index (χ4n) is 2.18. The van der Waals surface area contributed by atoms with Gasteiger partial charge in [-0.15, -0.1) is 0 Å². The summed E-state index contributed by atoms with van der Waals surface area (Å²) in [4.78, 5) is 24.3. The van der Waals surface area contributed by atoms with Gasteiger partial charge in [0.05, 0.1) is 24.0 Å². The van der Waals surface area contributed by atoms with Gasteiger partial charge < -0.3 is 20.1 Å². The number of hydrogen-bond donors (Lipinski definition) is 2. The molecule has 0 aromatic heterocycles. The number of ether oxygens (including phenoxy) is 1. The molecule has 0 saturated carbocycles. The van der Waals surface area contributed by atoms with Crippen molar-refractivity contribution < 1.29 is 27.9 Å². The molecule has 9 heteroatoms. The summed E-state index contributed by atoms with van der Waals surface area (Å²) in [5, 5.41) is 11.6. The van der Waals surface area contributed by atoms with Crippen molar-refractivity contribution in [3.8, 4) is 0 Å². The average molecular weight is 322 g/mol. The summed E-state index contributed by atoms with van der Waals surface area (Å²) in [6, 6.07) is -1.39. The van der Waals surface area contributed by atoms with E-state index < -0.39 is 27.9 Å². The monoisotopic (exact) mass is 322 g/mol. The molecule has 1 aliphatic rings. The lowest BCUT2D eigenvalue weighted by Gasteiger charge is -2.35. The number of carbonyl (C=O) groups excluding carboxylic acids is 1. The summed E-state index contributed by atoms with van der Waals surface area (Å²) >= 11 is 0. The third kappa shape index (κ3) is 5.88. The zero-order valence-corrected chi connectivity index (χ0v) is 13.1. The van der Waals surface area contributed by atoms with Crippen LogP contribution in [0.2, 0.25) is 0 Å². The van der Waals surface area contributed by atoms with Gasteiger partial charge in [0, 0.05) is 26.3 Å². The smallest absolute Gasteiger partial charge is 0.317 e. The van der Waals surface area contributed by atoms with Crippen LogP contribution in [0.25, 0.3) is 0 Å². The fraction of sp³-hybridized carbons (Fsp3) is 0.833. The Morgan fingerprint density at radius 3 is 2.71 bits per heavy atom. The summed E-state index contributed by atoms with van der Waals surface area (Å²) in [6.45, 7) is 2.32. The first-order valence-electron chi connectivity index (χ1n) is 6.73. The van der Waals surface area contributed by atoms with Gasteiger partial charge in [-0.25, -0.2) is 13.2 Å². The molecule has 1 rings (SSSR count). The van der Waals surface area contributed by atoms with Crippen molar-refractivity contribution in [2.45, 2.75) is 31.8 Å². The molecule has 1 saturated heterocycles. The molecule has 1 heterocycles. The Kier molecular flexibility index (Phi) is 6.41. The van der Waals surface area contributed by atoms with E-state index in [1.807, 2.05) is 6.92 Å². The third-order valence-electron chi connectivity index (χ3n) is 3.33. The highest BCUT2D eigenvalue weighted by Gasteiger charge is 2.35. The molecule has 0 bridgehead atoms. The first kappa shape index (κ1) is 17.7. The number of methoxy groups -OCH3 is 1. The quantitative estimate of drug-likeness (QED) is 0.694. The maximum atomic E-state index is 12.2. The number of nitrogens with one attached hydrogen (secondary N) is 1. The van der Waals surface area contributed by atoms with Crippen molar-refractivity contribution in [3.05, 3.63) is 0 Å². The largest absolute Gasteiger partial charge is 0.481 e. The molecular weight excluding hydrogens is 300 g/mol. The van der Waals surface area contributed by atoms with E-state index >= 15 is 0 Å². The van der Waals surface area contributed by atoms with Crippen molar-refractivity contribution in [2.75, 3.05) is 31.8 Å². The third-order valence-corrected chi connectivity index (χ3v) is 5.02. The molecule has 0 radical (unpaired) electrons. The maximum absolute atomic E-state index is 12.2. The van der Waals surface area contributed by atoms with Gasteiger partial charge >= 0.3 is 12.0 Å². The van der Waals surface area contributed by atoms with Gasteiger partial charge in [0.1, 0.15) is 0 Å². The lowest BCUT2D eigenvalue weighted by Crippen LogP contribution is -2.56. The minimum Gasteiger partial charge on any atom is -0.481 e. The molecule has 2 unspecified atom stereocenters. The summed E-state index contributed by atoms with van der Waals surface area (Å²) in [5.74, 6) is -1.57. The van der Waals surface area contributed by atoms with E-state index in [0.717, 1.165) is 0 Å². The number of hydrogen-bond acceptors (Lipinski definition) is 5. The Morgan fingerprint density at radius 1 is 1.48 bits per heavy atom. The SMILES string of the molecule is COCCC(C)NC(=O)N1CCS(=O)(=O)CC1CC(=O)O. The van der Waals surface area contributed by atoms with Gasteiger partial charge in [0.15, 0.2) is 9.84 Å². The lowest BCUT2D eigenvalue weighted by atomic mass is 10.2. The fourth-order valence-corrected chi connectivity index (χ4v) is 3.71. The van der Waals surface area contributed by atoms with E-state index in [1.165, 1.54) is 4.90 Å². The van der Waals surface area contributed by atoms with Crippen LogP contribution in [0.15, 0.2) is 0 Å². The van der Waals surface area contributed by atoms with Crippen LogP contribution >= 0.6 is 0 Å². The van der Waals surface area contributed by atoms with E-state index in [-0.39, 0.29) is 30.5 Å². The highest BCUT2D eigenvalue weighted by atomic mass is 32.2. The molecule has 2 atom stereocenters. The van der Waals surface area contributed by atoms with Crippen LogP contribution < -0.4 is 5.32 Å². The topological polar surface area (TPSA) is 113 Å². The molecule has 8 nitrogen and oxygen atoms in total. The zero-order chi connectivity index (χ0) is 16.0. The number of sulfone groups is 1. The maximum Gasteiger partial charge on any atom is 0.317 e. The lowest BCUT2D eigenvalue weighted by molar-refractivity contribution is -0.138. The van der Waals surface area contributed by atoms with Gasteiger partial charge in [-0.2, -0.15) is 0 Å². The summed E-state index contributed by atoms with van der Waals surface area (Å²) in [6.07, 6.45) is 0.247. The number of carboxylic acids is 1. The van der Waals surface area contributed by atoms with Gasteiger partial charge in [0.2, 0.25) is 0 Å². The normalized spacial score (nSPS) is 22.6. The second kappa shape index (κ2) is 7.60. The van der Waals surface area contributed by atoms with Crippen molar-refractivity contribution >= 4 is 21.8 Å². The van der Waals surface area contributed by atoms with Gasteiger partial charge in [-0.05, 0) is 13.3 Å². The van der Waals surface area contributed by atoms with E-state index in [1.54, 1.807) is 7.11 Å². The summed E-state index contributed by atoms with van der Waals surface area (Å²) in [5.41, 5.74) is 0. The molecule has 1 fully saturated rings. The predicted octanol–water partition coefficient (Wildman–Crippen LogP) is -0.305. The van der Waals surface area contributed by atoms with E-state index in [0.29, 0.717) is 13.0 Å².